The van der Waals surface area contributed by atoms with Gasteiger partial charge in [0.25, 0.3) is 0 Å². The first-order chi connectivity index (χ1) is 8.23. The summed E-state index contributed by atoms with van der Waals surface area (Å²) in [6.07, 6.45) is 5.07. The first kappa shape index (κ1) is 11.6. The predicted molar refractivity (Wildman–Crippen MR) is 71.6 cm³/mol. The molecule has 1 aliphatic heterocycles. The third-order valence-corrected chi connectivity index (χ3v) is 5.29. The summed E-state index contributed by atoms with van der Waals surface area (Å²) >= 11 is 1.85. The van der Waals surface area contributed by atoms with Gasteiger partial charge in [-0.15, -0.1) is 11.3 Å². The summed E-state index contributed by atoms with van der Waals surface area (Å²) < 4.78 is 0. The lowest BCUT2D eigenvalue weighted by atomic mass is 9.99. The summed E-state index contributed by atoms with van der Waals surface area (Å²) in [5.41, 5.74) is 7.40. The lowest BCUT2D eigenvalue weighted by molar-refractivity contribution is 0.250. The summed E-state index contributed by atoms with van der Waals surface area (Å²) in [5, 5.41) is 3.59. The van der Waals surface area contributed by atoms with Crippen LogP contribution in [0, 0.1) is 0 Å². The molecule has 1 aromatic heterocycles. The van der Waals surface area contributed by atoms with E-state index in [0.717, 1.165) is 6.54 Å². The number of likely N-dealkylation sites (N-methyl/N-ethyl adjacent to an activating group) is 1. The van der Waals surface area contributed by atoms with Crippen LogP contribution in [0.1, 0.15) is 42.3 Å². The van der Waals surface area contributed by atoms with Crippen LogP contribution < -0.4 is 5.73 Å². The standard InChI is InChI=1S/C13H21N3S/c1-16-6-2-3-10(7-16)12-15-11(8-17-12)13(9-14)4-5-13/h8,10H,2-7,9,14H2,1H3. The van der Waals surface area contributed by atoms with E-state index in [-0.39, 0.29) is 5.41 Å². The largest absolute Gasteiger partial charge is 0.330 e. The zero-order chi connectivity index (χ0) is 11.9. The average Bonchev–Trinajstić information content (AvgIpc) is 2.99. The van der Waals surface area contributed by atoms with Crippen molar-refractivity contribution in [2.45, 2.75) is 37.0 Å². The topological polar surface area (TPSA) is 42.2 Å². The van der Waals surface area contributed by atoms with E-state index in [1.807, 2.05) is 11.3 Å². The second-order valence-corrected chi connectivity index (χ2v) is 6.55. The number of nitrogens with two attached hydrogens (primary N) is 1. The van der Waals surface area contributed by atoms with Gasteiger partial charge in [0, 0.05) is 29.8 Å². The quantitative estimate of drug-likeness (QED) is 0.892. The number of piperidine rings is 1. The molecule has 1 atom stereocenters. The normalized spacial score (nSPS) is 28.2. The predicted octanol–water partition coefficient (Wildman–Crippen LogP) is 1.94. The minimum atomic E-state index is 0.259. The van der Waals surface area contributed by atoms with Crippen LogP contribution >= 0.6 is 11.3 Å². The third kappa shape index (κ3) is 2.14. The van der Waals surface area contributed by atoms with Crippen molar-refractivity contribution in [1.82, 2.24) is 9.88 Å². The van der Waals surface area contributed by atoms with Crippen molar-refractivity contribution < 1.29 is 0 Å². The first-order valence-electron chi connectivity index (χ1n) is 6.58. The van der Waals surface area contributed by atoms with Gasteiger partial charge >= 0.3 is 0 Å². The van der Waals surface area contributed by atoms with Crippen molar-refractivity contribution in [3.05, 3.63) is 16.1 Å². The number of likely N-dealkylation sites (tertiary alicyclic amines) is 1. The molecular formula is C13H21N3S. The highest BCUT2D eigenvalue weighted by atomic mass is 32.1. The van der Waals surface area contributed by atoms with Gasteiger partial charge in [-0.1, -0.05) is 0 Å². The number of hydrogen-bond donors (Lipinski definition) is 1. The molecule has 0 aromatic carbocycles. The van der Waals surface area contributed by atoms with Gasteiger partial charge in [-0.2, -0.15) is 0 Å². The molecule has 0 amide bonds. The summed E-state index contributed by atoms with van der Waals surface area (Å²) in [7, 11) is 2.21. The zero-order valence-corrected chi connectivity index (χ0v) is 11.3. The number of aromatic nitrogens is 1. The van der Waals surface area contributed by atoms with E-state index < -0.39 is 0 Å². The fraction of sp³-hybridized carbons (Fsp3) is 0.769. The molecule has 2 N–H and O–H groups in total. The summed E-state index contributed by atoms with van der Waals surface area (Å²) in [5.74, 6) is 0.654. The molecule has 1 unspecified atom stereocenters. The highest BCUT2D eigenvalue weighted by molar-refractivity contribution is 7.09. The number of nitrogens with zero attached hydrogens (tertiary/aromatic N) is 2. The van der Waals surface area contributed by atoms with Crippen LogP contribution in [-0.4, -0.2) is 36.6 Å². The molecule has 1 saturated heterocycles. The van der Waals surface area contributed by atoms with Gasteiger partial charge in [0.15, 0.2) is 0 Å². The van der Waals surface area contributed by atoms with Gasteiger partial charge < -0.3 is 10.6 Å². The van der Waals surface area contributed by atoms with Crippen LogP contribution in [0.5, 0.6) is 0 Å². The third-order valence-electron chi connectivity index (χ3n) is 4.28. The van der Waals surface area contributed by atoms with E-state index in [2.05, 4.69) is 17.3 Å². The minimum Gasteiger partial charge on any atom is -0.330 e. The Kier molecular flexibility index (Phi) is 2.97. The van der Waals surface area contributed by atoms with Crippen molar-refractivity contribution in [2.75, 3.05) is 26.7 Å². The maximum Gasteiger partial charge on any atom is 0.0972 e. The van der Waals surface area contributed by atoms with E-state index >= 15 is 0 Å². The maximum atomic E-state index is 5.87. The fourth-order valence-electron chi connectivity index (χ4n) is 2.80. The Bertz CT molecular complexity index is 397. The molecule has 17 heavy (non-hydrogen) atoms. The fourth-order valence-corrected chi connectivity index (χ4v) is 3.87. The summed E-state index contributed by atoms with van der Waals surface area (Å²) in [4.78, 5) is 7.31. The smallest absolute Gasteiger partial charge is 0.0972 e. The Morgan fingerprint density at radius 1 is 1.59 bits per heavy atom. The maximum absolute atomic E-state index is 5.87. The highest BCUT2D eigenvalue weighted by Crippen LogP contribution is 2.47. The van der Waals surface area contributed by atoms with Gasteiger partial charge in [0.05, 0.1) is 10.7 Å². The molecule has 0 spiro atoms. The van der Waals surface area contributed by atoms with Crippen LogP contribution in [0.3, 0.4) is 0 Å². The van der Waals surface area contributed by atoms with Crippen LogP contribution in [-0.2, 0) is 5.41 Å². The van der Waals surface area contributed by atoms with Crippen molar-refractivity contribution in [3.8, 4) is 0 Å². The van der Waals surface area contributed by atoms with Gasteiger partial charge in [0.1, 0.15) is 0 Å². The molecular weight excluding hydrogens is 230 g/mol. The number of hydrogen-bond acceptors (Lipinski definition) is 4. The summed E-state index contributed by atoms with van der Waals surface area (Å²) in [6.45, 7) is 3.17. The molecule has 4 heteroatoms. The number of rotatable bonds is 3. The van der Waals surface area contributed by atoms with E-state index in [1.54, 1.807) is 0 Å². The molecule has 1 saturated carbocycles. The van der Waals surface area contributed by atoms with Crippen LogP contribution in [0.2, 0.25) is 0 Å². The molecule has 2 aliphatic rings. The molecule has 2 fully saturated rings. The molecule has 0 radical (unpaired) electrons. The lowest BCUT2D eigenvalue weighted by Crippen LogP contribution is -2.30. The molecule has 3 rings (SSSR count). The zero-order valence-electron chi connectivity index (χ0n) is 10.5. The minimum absolute atomic E-state index is 0.259. The van der Waals surface area contributed by atoms with Gasteiger partial charge in [-0.25, -0.2) is 4.98 Å². The molecule has 0 bridgehead atoms. The Balaban J connectivity index is 1.76. The second-order valence-electron chi connectivity index (χ2n) is 5.66. The Hall–Kier alpha value is -0.450. The van der Waals surface area contributed by atoms with Gasteiger partial charge in [0.2, 0.25) is 0 Å². The number of thiazole rings is 1. The van der Waals surface area contributed by atoms with Crippen LogP contribution in [0.4, 0.5) is 0 Å². The molecule has 94 valence electrons. The average molecular weight is 251 g/mol. The molecule has 2 heterocycles. The Labute approximate surface area is 107 Å². The molecule has 3 nitrogen and oxygen atoms in total. The van der Waals surface area contributed by atoms with Crippen LogP contribution in [0.15, 0.2) is 5.38 Å². The Morgan fingerprint density at radius 3 is 3.06 bits per heavy atom. The van der Waals surface area contributed by atoms with E-state index in [4.69, 9.17) is 10.7 Å². The molecule has 1 aliphatic carbocycles. The van der Waals surface area contributed by atoms with Gasteiger partial charge in [-0.3, -0.25) is 0 Å². The van der Waals surface area contributed by atoms with E-state index in [0.29, 0.717) is 5.92 Å². The first-order valence-corrected chi connectivity index (χ1v) is 7.46. The second kappa shape index (κ2) is 4.34. The highest BCUT2D eigenvalue weighted by Gasteiger charge is 2.45. The monoisotopic (exact) mass is 251 g/mol. The van der Waals surface area contributed by atoms with Crippen molar-refractivity contribution in [3.63, 3.8) is 0 Å². The SMILES string of the molecule is CN1CCCC(c2nc(C3(CN)CC3)cs2)C1. The van der Waals surface area contributed by atoms with E-state index in [9.17, 15) is 0 Å². The molecule has 1 aromatic rings. The Morgan fingerprint density at radius 2 is 2.41 bits per heavy atom. The van der Waals surface area contributed by atoms with Crippen molar-refractivity contribution in [1.29, 1.82) is 0 Å². The van der Waals surface area contributed by atoms with Crippen molar-refractivity contribution >= 4 is 11.3 Å². The lowest BCUT2D eigenvalue weighted by Gasteiger charge is -2.28. The van der Waals surface area contributed by atoms with Crippen molar-refractivity contribution in [2.24, 2.45) is 5.73 Å². The van der Waals surface area contributed by atoms with E-state index in [1.165, 1.54) is 49.5 Å². The van der Waals surface area contributed by atoms with Gasteiger partial charge in [-0.05, 0) is 39.3 Å². The van der Waals surface area contributed by atoms with Crippen LogP contribution in [0.25, 0.3) is 0 Å². The summed E-state index contributed by atoms with van der Waals surface area (Å²) in [6, 6.07) is 0.